The molecule has 2 saturated heterocycles. The molecule has 0 aliphatic carbocycles. The molecular weight excluding hydrogens is 362 g/mol. The van der Waals surface area contributed by atoms with Gasteiger partial charge in [-0.05, 0) is 57.3 Å². The van der Waals surface area contributed by atoms with Gasteiger partial charge in [0.15, 0.2) is 0 Å². The van der Waals surface area contributed by atoms with Gasteiger partial charge in [0.25, 0.3) is 5.91 Å². The molecule has 6 nitrogen and oxygen atoms in total. The Morgan fingerprint density at radius 2 is 1.59 bits per heavy atom. The smallest absolute Gasteiger partial charge is 0.251 e. The molecule has 0 radical (unpaired) electrons. The van der Waals surface area contributed by atoms with Gasteiger partial charge in [-0.1, -0.05) is 18.6 Å². The highest BCUT2D eigenvalue weighted by Crippen LogP contribution is 2.23. The molecule has 1 amide bonds. The maximum atomic E-state index is 12.4. The van der Waals surface area contributed by atoms with Crippen molar-refractivity contribution in [2.24, 2.45) is 0 Å². The van der Waals surface area contributed by atoms with Gasteiger partial charge >= 0.3 is 0 Å². The largest absolute Gasteiger partial charge is 0.357 e. The van der Waals surface area contributed by atoms with Crippen molar-refractivity contribution in [3.8, 4) is 11.3 Å². The van der Waals surface area contributed by atoms with Gasteiger partial charge in [0.05, 0.1) is 5.69 Å². The summed E-state index contributed by atoms with van der Waals surface area (Å²) < 4.78 is 0. The lowest BCUT2D eigenvalue weighted by Crippen LogP contribution is -2.37. The molecular formula is C23H31N5O. The first-order valence-electron chi connectivity index (χ1n) is 11.0. The number of nitrogens with one attached hydrogen (secondary N) is 1. The fourth-order valence-electron chi connectivity index (χ4n) is 4.21. The highest BCUT2D eigenvalue weighted by molar-refractivity contribution is 5.94. The Labute approximate surface area is 173 Å². The quantitative estimate of drug-likeness (QED) is 0.816. The van der Waals surface area contributed by atoms with Crippen LogP contribution in [0.4, 0.5) is 5.82 Å². The number of piperidine rings is 2. The van der Waals surface area contributed by atoms with Crippen LogP contribution in [-0.2, 0) is 0 Å². The lowest BCUT2D eigenvalue weighted by atomic mass is 10.1. The van der Waals surface area contributed by atoms with E-state index in [2.05, 4.69) is 31.2 Å². The highest BCUT2D eigenvalue weighted by atomic mass is 16.1. The van der Waals surface area contributed by atoms with Crippen molar-refractivity contribution < 1.29 is 4.79 Å². The summed E-state index contributed by atoms with van der Waals surface area (Å²) in [6.07, 6.45) is 9.27. The Hall–Kier alpha value is -2.47. The predicted molar refractivity (Wildman–Crippen MR) is 116 cm³/mol. The fourth-order valence-corrected chi connectivity index (χ4v) is 4.21. The summed E-state index contributed by atoms with van der Waals surface area (Å²) in [6.45, 7) is 6.07. The first-order valence-corrected chi connectivity index (χ1v) is 11.0. The molecule has 0 bridgehead atoms. The van der Waals surface area contributed by atoms with Crippen LogP contribution in [0, 0.1) is 0 Å². The fraction of sp³-hybridized carbons (Fsp3) is 0.522. The number of aromatic nitrogens is 2. The Bertz CT molecular complexity index is 795. The van der Waals surface area contributed by atoms with Gasteiger partial charge in [-0.3, -0.25) is 4.79 Å². The molecule has 1 N–H and O–H groups in total. The van der Waals surface area contributed by atoms with Gasteiger partial charge in [-0.15, -0.1) is 0 Å². The minimum absolute atomic E-state index is 0.00903. The summed E-state index contributed by atoms with van der Waals surface area (Å²) in [5.74, 6) is 0.986. The van der Waals surface area contributed by atoms with E-state index in [0.717, 1.165) is 49.8 Å². The first-order chi connectivity index (χ1) is 14.3. The second kappa shape index (κ2) is 9.83. The number of rotatable bonds is 6. The topological polar surface area (TPSA) is 61.4 Å². The lowest BCUT2D eigenvalue weighted by Gasteiger charge is -2.27. The predicted octanol–water partition coefficient (Wildman–Crippen LogP) is 3.35. The maximum Gasteiger partial charge on any atom is 0.251 e. The van der Waals surface area contributed by atoms with E-state index in [0.29, 0.717) is 12.1 Å². The number of nitrogens with zero attached hydrogens (tertiary/aromatic N) is 4. The zero-order valence-electron chi connectivity index (χ0n) is 17.1. The summed E-state index contributed by atoms with van der Waals surface area (Å²) in [4.78, 5) is 26.1. The summed E-state index contributed by atoms with van der Waals surface area (Å²) >= 11 is 0. The molecule has 0 atom stereocenters. The van der Waals surface area contributed by atoms with Crippen molar-refractivity contribution in [3.05, 3.63) is 42.2 Å². The molecule has 3 heterocycles. The molecule has 29 heavy (non-hydrogen) atoms. The van der Waals surface area contributed by atoms with Gasteiger partial charge in [0.1, 0.15) is 12.1 Å². The molecule has 1 aromatic carbocycles. The number of carbonyl (C=O) groups excluding carboxylic acids is 1. The van der Waals surface area contributed by atoms with Crippen LogP contribution >= 0.6 is 0 Å². The Morgan fingerprint density at radius 3 is 2.31 bits per heavy atom. The van der Waals surface area contributed by atoms with Gasteiger partial charge in [0, 0.05) is 43.4 Å². The Kier molecular flexibility index (Phi) is 6.72. The van der Waals surface area contributed by atoms with Crippen LogP contribution in [0.25, 0.3) is 11.3 Å². The van der Waals surface area contributed by atoms with Crippen molar-refractivity contribution in [3.63, 3.8) is 0 Å². The Morgan fingerprint density at radius 1 is 0.897 bits per heavy atom. The third kappa shape index (κ3) is 5.32. The molecule has 6 heteroatoms. The average molecular weight is 394 g/mol. The molecule has 1 aromatic heterocycles. The van der Waals surface area contributed by atoms with Crippen LogP contribution in [0.15, 0.2) is 36.7 Å². The number of hydrogen-bond acceptors (Lipinski definition) is 5. The summed E-state index contributed by atoms with van der Waals surface area (Å²) in [7, 11) is 0. The normalized spacial score (nSPS) is 17.9. The van der Waals surface area contributed by atoms with E-state index < -0.39 is 0 Å². The van der Waals surface area contributed by atoms with Crippen LogP contribution in [0.5, 0.6) is 0 Å². The van der Waals surface area contributed by atoms with Crippen LogP contribution in [-0.4, -0.2) is 60.0 Å². The SMILES string of the molecule is O=C(NCCN1CCCCC1)c1ccc(-c2cc(N3CCCCC3)ncn2)cc1. The molecule has 0 unspecified atom stereocenters. The second-order valence-corrected chi connectivity index (χ2v) is 8.04. The van der Waals surface area contributed by atoms with Crippen LogP contribution in [0.1, 0.15) is 48.9 Å². The standard InChI is InChI=1S/C23H31N5O/c29-23(24-11-16-27-12-3-1-4-13-27)20-9-7-19(8-10-20)21-17-22(26-18-25-21)28-14-5-2-6-15-28/h7-10,17-18H,1-6,11-16H2,(H,24,29). The van der Waals surface area contributed by atoms with E-state index in [9.17, 15) is 4.79 Å². The van der Waals surface area contributed by atoms with Crippen molar-refractivity contribution in [1.29, 1.82) is 0 Å². The summed E-state index contributed by atoms with van der Waals surface area (Å²) in [6, 6.07) is 9.77. The third-order valence-electron chi connectivity index (χ3n) is 5.94. The number of carbonyl (C=O) groups is 1. The molecule has 0 saturated carbocycles. The molecule has 4 rings (SSSR count). The van der Waals surface area contributed by atoms with Gasteiger partial charge in [0.2, 0.25) is 0 Å². The van der Waals surface area contributed by atoms with Crippen molar-refractivity contribution in [1.82, 2.24) is 20.2 Å². The van der Waals surface area contributed by atoms with E-state index in [1.165, 1.54) is 38.5 Å². The first kappa shape index (κ1) is 19.8. The number of amides is 1. The second-order valence-electron chi connectivity index (χ2n) is 8.04. The zero-order valence-corrected chi connectivity index (χ0v) is 17.1. The average Bonchev–Trinajstić information content (AvgIpc) is 2.80. The van der Waals surface area contributed by atoms with Gasteiger partial charge < -0.3 is 15.1 Å². The summed E-state index contributed by atoms with van der Waals surface area (Å²) in [5.41, 5.74) is 2.60. The van der Waals surface area contributed by atoms with Crippen molar-refractivity contribution in [2.75, 3.05) is 44.2 Å². The number of likely N-dealkylation sites (tertiary alicyclic amines) is 1. The number of benzene rings is 1. The van der Waals surface area contributed by atoms with Crippen molar-refractivity contribution >= 4 is 11.7 Å². The minimum Gasteiger partial charge on any atom is -0.357 e. The van der Waals surface area contributed by atoms with E-state index in [4.69, 9.17) is 0 Å². The highest BCUT2D eigenvalue weighted by Gasteiger charge is 2.14. The molecule has 2 fully saturated rings. The van der Waals surface area contributed by atoms with E-state index in [1.54, 1.807) is 6.33 Å². The summed E-state index contributed by atoms with van der Waals surface area (Å²) in [5, 5.41) is 3.04. The van der Waals surface area contributed by atoms with Crippen LogP contribution in [0.2, 0.25) is 0 Å². The molecule has 2 aromatic rings. The molecule has 2 aliphatic rings. The lowest BCUT2D eigenvalue weighted by molar-refractivity contribution is 0.0946. The van der Waals surface area contributed by atoms with Crippen LogP contribution < -0.4 is 10.2 Å². The van der Waals surface area contributed by atoms with E-state index in [1.807, 2.05) is 24.3 Å². The third-order valence-corrected chi connectivity index (χ3v) is 5.94. The van der Waals surface area contributed by atoms with Gasteiger partial charge in [-0.25, -0.2) is 9.97 Å². The molecule has 0 spiro atoms. The van der Waals surface area contributed by atoms with E-state index in [-0.39, 0.29) is 5.91 Å². The zero-order chi connectivity index (χ0) is 19.9. The molecule has 2 aliphatic heterocycles. The minimum atomic E-state index is -0.00903. The van der Waals surface area contributed by atoms with Crippen molar-refractivity contribution in [2.45, 2.75) is 38.5 Å². The number of anilines is 1. The Balaban J connectivity index is 1.34. The maximum absolute atomic E-state index is 12.4. The van der Waals surface area contributed by atoms with Crippen LogP contribution in [0.3, 0.4) is 0 Å². The van der Waals surface area contributed by atoms with E-state index >= 15 is 0 Å². The number of hydrogen-bond donors (Lipinski definition) is 1. The monoisotopic (exact) mass is 393 g/mol. The molecule has 154 valence electrons. The van der Waals surface area contributed by atoms with Gasteiger partial charge in [-0.2, -0.15) is 0 Å².